The zero-order valence-corrected chi connectivity index (χ0v) is 13.1. The van der Waals surface area contributed by atoms with Crippen molar-refractivity contribution >= 4 is 33.6 Å². The van der Waals surface area contributed by atoms with Crippen molar-refractivity contribution in [3.63, 3.8) is 0 Å². The highest BCUT2D eigenvalue weighted by Gasteiger charge is 2.26. The van der Waals surface area contributed by atoms with Crippen LogP contribution in [-0.2, 0) is 14.8 Å². The maximum atomic E-state index is 12.2. The Morgan fingerprint density at radius 1 is 1.14 bits per heavy atom. The lowest BCUT2D eigenvalue weighted by atomic mass is 10.2. The molecule has 1 aliphatic rings. The lowest BCUT2D eigenvalue weighted by Crippen LogP contribution is -2.50. The molecular formula is C14H17ClN2O3S. The molecule has 7 heteroatoms. The summed E-state index contributed by atoms with van der Waals surface area (Å²) in [6.07, 6.45) is 1.58. The van der Waals surface area contributed by atoms with E-state index in [0.717, 1.165) is 5.56 Å². The third-order valence-corrected chi connectivity index (χ3v) is 5.09. The van der Waals surface area contributed by atoms with Gasteiger partial charge in [0.2, 0.25) is 15.9 Å². The predicted octanol–water partition coefficient (Wildman–Crippen LogP) is 1.37. The van der Waals surface area contributed by atoms with E-state index in [4.69, 9.17) is 11.6 Å². The lowest BCUT2D eigenvalue weighted by molar-refractivity contribution is -0.129. The van der Waals surface area contributed by atoms with Crippen LogP contribution in [0.5, 0.6) is 0 Å². The van der Waals surface area contributed by atoms with Gasteiger partial charge in [0.1, 0.15) is 5.88 Å². The number of carbonyl (C=O) groups is 1. The van der Waals surface area contributed by atoms with Gasteiger partial charge in [0.05, 0.1) is 0 Å². The summed E-state index contributed by atoms with van der Waals surface area (Å²) in [5, 5.41) is 1.21. The molecule has 0 aromatic heterocycles. The number of sulfonamides is 1. The van der Waals surface area contributed by atoms with Gasteiger partial charge < -0.3 is 4.90 Å². The van der Waals surface area contributed by atoms with Crippen LogP contribution in [0.4, 0.5) is 0 Å². The number of nitrogens with zero attached hydrogens (tertiary/aromatic N) is 2. The first-order chi connectivity index (χ1) is 10.0. The Bertz CT molecular complexity index is 608. The first-order valence-corrected chi connectivity index (χ1v) is 8.64. The second-order valence-corrected chi connectivity index (χ2v) is 6.76. The minimum absolute atomic E-state index is 0.0688. The van der Waals surface area contributed by atoms with E-state index in [1.54, 1.807) is 11.0 Å². The van der Waals surface area contributed by atoms with Crippen molar-refractivity contribution in [2.45, 2.75) is 0 Å². The molecule has 114 valence electrons. The highest BCUT2D eigenvalue weighted by atomic mass is 35.5. The van der Waals surface area contributed by atoms with Crippen LogP contribution in [0.2, 0.25) is 0 Å². The highest BCUT2D eigenvalue weighted by molar-refractivity contribution is 7.92. The summed E-state index contributed by atoms with van der Waals surface area (Å²) < 4.78 is 25.8. The van der Waals surface area contributed by atoms with E-state index in [1.165, 1.54) is 9.71 Å². The molecule has 0 aliphatic carbocycles. The Labute approximate surface area is 129 Å². The largest absolute Gasteiger partial charge is 0.339 e. The van der Waals surface area contributed by atoms with Crippen LogP contribution in [0.15, 0.2) is 35.7 Å². The Morgan fingerprint density at radius 3 is 2.33 bits per heavy atom. The van der Waals surface area contributed by atoms with Crippen LogP contribution < -0.4 is 0 Å². The van der Waals surface area contributed by atoms with Crippen molar-refractivity contribution in [3.8, 4) is 0 Å². The first-order valence-electron chi connectivity index (χ1n) is 6.60. The van der Waals surface area contributed by atoms with Gasteiger partial charge in [-0.2, -0.15) is 4.31 Å². The average molecular weight is 329 g/mol. The molecule has 0 atom stereocenters. The van der Waals surface area contributed by atoms with E-state index >= 15 is 0 Å². The molecule has 1 fully saturated rings. The summed E-state index contributed by atoms with van der Waals surface area (Å²) >= 11 is 5.49. The lowest BCUT2D eigenvalue weighted by Gasteiger charge is -2.33. The number of piperazine rings is 1. The van der Waals surface area contributed by atoms with Gasteiger partial charge in [-0.3, -0.25) is 4.79 Å². The third kappa shape index (κ3) is 4.30. The molecule has 1 aliphatic heterocycles. The Hall–Kier alpha value is -1.37. The van der Waals surface area contributed by atoms with E-state index in [2.05, 4.69) is 0 Å². The van der Waals surface area contributed by atoms with Gasteiger partial charge in [-0.1, -0.05) is 30.3 Å². The van der Waals surface area contributed by atoms with E-state index < -0.39 is 10.0 Å². The zero-order valence-electron chi connectivity index (χ0n) is 11.5. The smallest absolute Gasteiger partial charge is 0.237 e. The van der Waals surface area contributed by atoms with E-state index in [1.807, 2.05) is 30.3 Å². The molecular weight excluding hydrogens is 312 g/mol. The summed E-state index contributed by atoms with van der Waals surface area (Å²) in [6.45, 7) is 1.35. The molecule has 0 N–H and O–H groups in total. The Morgan fingerprint density at radius 2 is 1.76 bits per heavy atom. The molecule has 5 nitrogen and oxygen atoms in total. The maximum absolute atomic E-state index is 12.2. The second-order valence-electron chi connectivity index (χ2n) is 4.67. The summed E-state index contributed by atoms with van der Waals surface area (Å²) in [4.78, 5) is 13.0. The van der Waals surface area contributed by atoms with Gasteiger partial charge in [0, 0.05) is 31.6 Å². The predicted molar refractivity (Wildman–Crippen MR) is 83.3 cm³/mol. The molecule has 0 bridgehead atoms. The molecule has 1 amide bonds. The van der Waals surface area contributed by atoms with Gasteiger partial charge in [-0.15, -0.1) is 11.6 Å². The monoisotopic (exact) mass is 328 g/mol. The van der Waals surface area contributed by atoms with Crippen LogP contribution in [-0.4, -0.2) is 55.6 Å². The number of hydrogen-bond donors (Lipinski definition) is 0. The van der Waals surface area contributed by atoms with Gasteiger partial charge in [0.25, 0.3) is 0 Å². The fourth-order valence-electron chi connectivity index (χ4n) is 2.09. The van der Waals surface area contributed by atoms with Gasteiger partial charge in [0.15, 0.2) is 0 Å². The number of carbonyl (C=O) groups excluding carboxylic acids is 1. The van der Waals surface area contributed by atoms with Crippen molar-refractivity contribution in [3.05, 3.63) is 41.3 Å². The zero-order chi connectivity index (χ0) is 15.3. The topological polar surface area (TPSA) is 57.7 Å². The van der Waals surface area contributed by atoms with Crippen LogP contribution in [0, 0.1) is 0 Å². The average Bonchev–Trinajstić information content (AvgIpc) is 2.53. The van der Waals surface area contributed by atoms with Gasteiger partial charge in [-0.25, -0.2) is 8.42 Å². The number of amides is 1. The Balaban J connectivity index is 1.99. The molecule has 0 radical (unpaired) electrons. The normalized spacial score (nSPS) is 17.3. The van der Waals surface area contributed by atoms with Crippen LogP contribution in [0.3, 0.4) is 0 Å². The number of hydrogen-bond acceptors (Lipinski definition) is 3. The highest BCUT2D eigenvalue weighted by Crippen LogP contribution is 2.11. The standard InChI is InChI=1S/C14H17ClN2O3S/c15-12-14(18)16-7-9-17(10-8-16)21(19,20)11-6-13-4-2-1-3-5-13/h1-6,11H,7-10,12H2. The number of halogens is 1. The van der Waals surface area contributed by atoms with Gasteiger partial charge in [-0.05, 0) is 11.6 Å². The summed E-state index contributed by atoms with van der Waals surface area (Å²) in [5.74, 6) is -0.228. The van der Waals surface area contributed by atoms with Crippen LogP contribution in [0.1, 0.15) is 5.56 Å². The second kappa shape index (κ2) is 7.06. The minimum Gasteiger partial charge on any atom is -0.339 e. The molecule has 1 saturated heterocycles. The van der Waals surface area contributed by atoms with E-state index in [9.17, 15) is 13.2 Å². The van der Waals surface area contributed by atoms with Crippen molar-refractivity contribution in [2.24, 2.45) is 0 Å². The molecule has 1 aromatic carbocycles. The minimum atomic E-state index is -3.46. The Kier molecular flexibility index (Phi) is 5.39. The number of alkyl halides is 1. The summed E-state index contributed by atoms with van der Waals surface area (Å²) in [7, 11) is -3.46. The molecule has 2 rings (SSSR count). The van der Waals surface area contributed by atoms with E-state index in [-0.39, 0.29) is 11.8 Å². The van der Waals surface area contributed by atoms with Crippen LogP contribution >= 0.6 is 11.6 Å². The molecule has 0 spiro atoms. The number of rotatable bonds is 4. The quantitative estimate of drug-likeness (QED) is 0.784. The van der Waals surface area contributed by atoms with E-state index in [0.29, 0.717) is 26.2 Å². The maximum Gasteiger partial charge on any atom is 0.237 e. The number of benzene rings is 1. The molecule has 0 unspecified atom stereocenters. The molecule has 1 heterocycles. The van der Waals surface area contributed by atoms with Crippen molar-refractivity contribution in [1.29, 1.82) is 0 Å². The summed E-state index contributed by atoms with van der Waals surface area (Å²) in [5.41, 5.74) is 0.831. The van der Waals surface area contributed by atoms with Crippen molar-refractivity contribution in [1.82, 2.24) is 9.21 Å². The van der Waals surface area contributed by atoms with Crippen molar-refractivity contribution in [2.75, 3.05) is 32.1 Å². The first kappa shape index (κ1) is 16.0. The summed E-state index contributed by atoms with van der Waals surface area (Å²) in [6, 6.07) is 9.25. The van der Waals surface area contributed by atoms with Crippen molar-refractivity contribution < 1.29 is 13.2 Å². The van der Waals surface area contributed by atoms with Crippen LogP contribution in [0.25, 0.3) is 6.08 Å². The fraction of sp³-hybridized carbons (Fsp3) is 0.357. The SMILES string of the molecule is O=C(CCl)N1CCN(S(=O)(=O)C=Cc2ccccc2)CC1. The third-order valence-electron chi connectivity index (χ3n) is 3.30. The molecule has 1 aromatic rings. The fourth-order valence-corrected chi connectivity index (χ4v) is 3.43. The van der Waals surface area contributed by atoms with Gasteiger partial charge >= 0.3 is 0 Å². The molecule has 0 saturated carbocycles. The molecule has 21 heavy (non-hydrogen) atoms.